The van der Waals surface area contributed by atoms with Crippen LogP contribution in [-0.2, 0) is 11.2 Å². The van der Waals surface area contributed by atoms with E-state index in [1.54, 1.807) is 0 Å². The minimum atomic E-state index is -0.108. The van der Waals surface area contributed by atoms with Crippen LogP contribution in [0.1, 0.15) is 24.2 Å². The van der Waals surface area contributed by atoms with Crippen molar-refractivity contribution in [3.63, 3.8) is 0 Å². The highest BCUT2D eigenvalue weighted by Gasteiger charge is 2.08. The zero-order chi connectivity index (χ0) is 11.1. The van der Waals surface area contributed by atoms with Gasteiger partial charge in [0.15, 0.2) is 0 Å². The first kappa shape index (κ1) is 12.2. The lowest BCUT2D eigenvalue weighted by Crippen LogP contribution is -2.17. The van der Waals surface area contributed by atoms with Gasteiger partial charge in [-0.1, -0.05) is 31.2 Å². The van der Waals surface area contributed by atoms with E-state index in [-0.39, 0.29) is 12.7 Å². The summed E-state index contributed by atoms with van der Waals surface area (Å²) in [5.74, 6) is 0. The molecule has 0 saturated heterocycles. The van der Waals surface area contributed by atoms with Gasteiger partial charge in [0.25, 0.3) is 0 Å². The number of ether oxygens (including phenoxy) is 1. The van der Waals surface area contributed by atoms with Crippen molar-refractivity contribution in [1.29, 1.82) is 0 Å². The summed E-state index contributed by atoms with van der Waals surface area (Å²) < 4.78 is 5.42. The van der Waals surface area contributed by atoms with Crippen molar-refractivity contribution in [2.75, 3.05) is 19.8 Å². The summed E-state index contributed by atoms with van der Waals surface area (Å²) in [5, 5.41) is 8.67. The lowest BCUT2D eigenvalue weighted by Gasteiger charge is -2.15. The van der Waals surface area contributed by atoms with Crippen LogP contribution in [0, 0.1) is 0 Å². The fraction of sp³-hybridized carbons (Fsp3) is 0.500. The van der Waals surface area contributed by atoms with Crippen LogP contribution in [0.3, 0.4) is 0 Å². The Morgan fingerprint density at radius 3 is 2.47 bits per heavy atom. The second kappa shape index (κ2) is 6.56. The Morgan fingerprint density at radius 2 is 2.00 bits per heavy atom. The molecule has 1 rings (SSSR count). The van der Waals surface area contributed by atoms with Crippen LogP contribution in [0.25, 0.3) is 0 Å². The van der Waals surface area contributed by atoms with Gasteiger partial charge in [0.1, 0.15) is 0 Å². The monoisotopic (exact) mass is 209 g/mol. The van der Waals surface area contributed by atoms with E-state index in [9.17, 15) is 0 Å². The second-order valence-corrected chi connectivity index (χ2v) is 3.41. The van der Waals surface area contributed by atoms with E-state index in [4.69, 9.17) is 15.6 Å². The third-order valence-corrected chi connectivity index (χ3v) is 2.38. The summed E-state index contributed by atoms with van der Waals surface area (Å²) in [6.45, 7) is 2.92. The zero-order valence-corrected chi connectivity index (χ0v) is 9.15. The Kier molecular flexibility index (Phi) is 5.32. The van der Waals surface area contributed by atoms with Gasteiger partial charge in [0, 0.05) is 6.54 Å². The predicted octanol–water partition coefficient (Wildman–Crippen LogP) is 1.26. The molecule has 0 aliphatic carbocycles. The van der Waals surface area contributed by atoms with Crippen molar-refractivity contribution in [3.8, 4) is 0 Å². The molecule has 0 aliphatic rings. The highest BCUT2D eigenvalue weighted by Crippen LogP contribution is 2.16. The first-order chi connectivity index (χ1) is 7.31. The predicted molar refractivity (Wildman–Crippen MR) is 60.7 cm³/mol. The van der Waals surface area contributed by atoms with Crippen LogP contribution in [0.15, 0.2) is 24.3 Å². The van der Waals surface area contributed by atoms with E-state index in [2.05, 4.69) is 19.1 Å². The van der Waals surface area contributed by atoms with E-state index >= 15 is 0 Å². The maximum atomic E-state index is 8.67. The molecule has 0 aliphatic heterocycles. The van der Waals surface area contributed by atoms with Crippen LogP contribution < -0.4 is 5.73 Å². The van der Waals surface area contributed by atoms with E-state index in [0.29, 0.717) is 13.2 Å². The molecule has 0 bridgehead atoms. The van der Waals surface area contributed by atoms with Crippen LogP contribution in [0.5, 0.6) is 0 Å². The molecule has 3 heteroatoms. The molecule has 0 heterocycles. The number of rotatable bonds is 6. The SMILES string of the molecule is CCc1ccc(C(CN)OCCO)cc1. The van der Waals surface area contributed by atoms with E-state index < -0.39 is 0 Å². The lowest BCUT2D eigenvalue weighted by molar-refractivity contribution is 0.0329. The van der Waals surface area contributed by atoms with Gasteiger partial charge < -0.3 is 15.6 Å². The third-order valence-electron chi connectivity index (χ3n) is 2.38. The Balaban J connectivity index is 2.65. The molecule has 0 amide bonds. The Bertz CT molecular complexity index is 271. The molecule has 1 aromatic rings. The molecule has 3 N–H and O–H groups in total. The van der Waals surface area contributed by atoms with Gasteiger partial charge in [0.05, 0.1) is 19.3 Å². The van der Waals surface area contributed by atoms with Crippen molar-refractivity contribution in [3.05, 3.63) is 35.4 Å². The average Bonchev–Trinajstić information content (AvgIpc) is 2.31. The van der Waals surface area contributed by atoms with Gasteiger partial charge in [-0.25, -0.2) is 0 Å². The molecule has 15 heavy (non-hydrogen) atoms. The van der Waals surface area contributed by atoms with Gasteiger partial charge in [-0.3, -0.25) is 0 Å². The summed E-state index contributed by atoms with van der Waals surface area (Å²) >= 11 is 0. The third kappa shape index (κ3) is 3.63. The summed E-state index contributed by atoms with van der Waals surface area (Å²) in [7, 11) is 0. The fourth-order valence-electron chi connectivity index (χ4n) is 1.46. The first-order valence-corrected chi connectivity index (χ1v) is 5.33. The number of aliphatic hydroxyl groups is 1. The summed E-state index contributed by atoms with van der Waals surface area (Å²) in [5.41, 5.74) is 7.98. The van der Waals surface area contributed by atoms with Crippen molar-refractivity contribution in [2.45, 2.75) is 19.4 Å². The number of nitrogens with two attached hydrogens (primary N) is 1. The molecule has 1 atom stereocenters. The van der Waals surface area contributed by atoms with Crippen LogP contribution in [0.4, 0.5) is 0 Å². The van der Waals surface area contributed by atoms with Crippen molar-refractivity contribution in [2.24, 2.45) is 5.73 Å². The van der Waals surface area contributed by atoms with Gasteiger partial charge in [-0.05, 0) is 17.5 Å². The Labute approximate surface area is 90.9 Å². The molecule has 3 nitrogen and oxygen atoms in total. The quantitative estimate of drug-likeness (QED) is 0.741. The molecular formula is C12H19NO2. The summed E-state index contributed by atoms with van der Waals surface area (Å²) in [4.78, 5) is 0. The van der Waals surface area contributed by atoms with E-state index in [0.717, 1.165) is 12.0 Å². The number of hydrogen-bond donors (Lipinski definition) is 2. The van der Waals surface area contributed by atoms with Gasteiger partial charge in [-0.2, -0.15) is 0 Å². The molecule has 0 spiro atoms. The first-order valence-electron chi connectivity index (χ1n) is 5.33. The largest absolute Gasteiger partial charge is 0.394 e. The van der Waals surface area contributed by atoms with Crippen LogP contribution in [-0.4, -0.2) is 24.9 Å². The molecule has 0 fully saturated rings. The van der Waals surface area contributed by atoms with Crippen molar-refractivity contribution >= 4 is 0 Å². The Morgan fingerprint density at radius 1 is 1.33 bits per heavy atom. The highest BCUT2D eigenvalue weighted by atomic mass is 16.5. The minimum Gasteiger partial charge on any atom is -0.394 e. The molecule has 1 unspecified atom stereocenters. The minimum absolute atomic E-state index is 0.0313. The topological polar surface area (TPSA) is 55.5 Å². The van der Waals surface area contributed by atoms with Crippen LogP contribution >= 0.6 is 0 Å². The van der Waals surface area contributed by atoms with E-state index in [1.165, 1.54) is 5.56 Å². The molecular weight excluding hydrogens is 190 g/mol. The fourth-order valence-corrected chi connectivity index (χ4v) is 1.46. The maximum absolute atomic E-state index is 8.67. The highest BCUT2D eigenvalue weighted by molar-refractivity contribution is 5.24. The molecule has 0 radical (unpaired) electrons. The number of aryl methyl sites for hydroxylation is 1. The van der Waals surface area contributed by atoms with Crippen LogP contribution in [0.2, 0.25) is 0 Å². The number of hydrogen-bond acceptors (Lipinski definition) is 3. The number of benzene rings is 1. The normalized spacial score (nSPS) is 12.7. The number of aliphatic hydroxyl groups excluding tert-OH is 1. The van der Waals surface area contributed by atoms with Crippen molar-refractivity contribution in [1.82, 2.24) is 0 Å². The van der Waals surface area contributed by atoms with Crippen molar-refractivity contribution < 1.29 is 9.84 Å². The Hall–Kier alpha value is -0.900. The average molecular weight is 209 g/mol. The van der Waals surface area contributed by atoms with Gasteiger partial charge >= 0.3 is 0 Å². The van der Waals surface area contributed by atoms with E-state index in [1.807, 2.05) is 12.1 Å². The molecule has 1 aromatic carbocycles. The lowest BCUT2D eigenvalue weighted by atomic mass is 10.1. The molecule has 84 valence electrons. The standard InChI is InChI=1S/C12H19NO2/c1-2-10-3-5-11(6-4-10)12(9-13)15-8-7-14/h3-6,12,14H,2,7-9,13H2,1H3. The maximum Gasteiger partial charge on any atom is 0.0948 e. The zero-order valence-electron chi connectivity index (χ0n) is 9.15. The van der Waals surface area contributed by atoms with Gasteiger partial charge in [0.2, 0.25) is 0 Å². The summed E-state index contributed by atoms with van der Waals surface area (Å²) in [6.07, 6.45) is 0.925. The summed E-state index contributed by atoms with van der Waals surface area (Å²) in [6, 6.07) is 8.24. The molecule has 0 aromatic heterocycles. The van der Waals surface area contributed by atoms with Gasteiger partial charge in [-0.15, -0.1) is 0 Å². The smallest absolute Gasteiger partial charge is 0.0948 e. The second-order valence-electron chi connectivity index (χ2n) is 3.41. The molecule has 0 saturated carbocycles.